The fraction of sp³-hybridized carbons (Fsp3) is 0.357. The van der Waals surface area contributed by atoms with Crippen molar-refractivity contribution in [1.29, 1.82) is 0 Å². The highest BCUT2D eigenvalue weighted by atomic mass is 14.7. The van der Waals surface area contributed by atoms with E-state index in [2.05, 4.69) is 43.1 Å². The zero-order chi connectivity index (χ0) is 11.5. The van der Waals surface area contributed by atoms with E-state index < -0.39 is 0 Å². The van der Waals surface area contributed by atoms with Crippen LogP contribution in [0.15, 0.2) is 36.5 Å². The van der Waals surface area contributed by atoms with Gasteiger partial charge < -0.3 is 5.73 Å². The quantitative estimate of drug-likeness (QED) is 0.852. The van der Waals surface area contributed by atoms with Gasteiger partial charge in [0.25, 0.3) is 0 Å². The zero-order valence-electron chi connectivity index (χ0n) is 9.85. The Morgan fingerprint density at radius 2 is 1.94 bits per heavy atom. The summed E-state index contributed by atoms with van der Waals surface area (Å²) in [5, 5.41) is 1.21. The van der Waals surface area contributed by atoms with Crippen molar-refractivity contribution in [3.8, 4) is 0 Å². The average molecular weight is 214 g/mol. The van der Waals surface area contributed by atoms with E-state index in [9.17, 15) is 0 Å². The predicted molar refractivity (Wildman–Crippen MR) is 68.4 cm³/mol. The Bertz CT molecular complexity index is 472. The first-order valence-corrected chi connectivity index (χ1v) is 5.77. The zero-order valence-corrected chi connectivity index (χ0v) is 9.85. The molecular weight excluding hydrogens is 196 g/mol. The smallest absolute Gasteiger partial charge is 0.0736 e. The van der Waals surface area contributed by atoms with E-state index in [-0.39, 0.29) is 6.04 Å². The van der Waals surface area contributed by atoms with E-state index in [4.69, 9.17) is 5.73 Å². The minimum Gasteiger partial charge on any atom is -0.328 e. The second-order valence-electron chi connectivity index (χ2n) is 4.54. The first-order chi connectivity index (χ1) is 7.68. The van der Waals surface area contributed by atoms with Gasteiger partial charge in [0.05, 0.1) is 5.52 Å². The lowest BCUT2D eigenvalue weighted by Gasteiger charge is -2.15. The van der Waals surface area contributed by atoms with E-state index in [1.54, 1.807) is 0 Å². The molecule has 2 unspecified atom stereocenters. The van der Waals surface area contributed by atoms with Gasteiger partial charge in [-0.2, -0.15) is 0 Å². The molecule has 2 aromatic rings. The average Bonchev–Trinajstić information content (AvgIpc) is 2.27. The maximum absolute atomic E-state index is 5.85. The minimum absolute atomic E-state index is 0.231. The second-order valence-corrected chi connectivity index (χ2v) is 4.54. The molecule has 84 valence electrons. The Morgan fingerprint density at radius 3 is 2.69 bits per heavy atom. The summed E-state index contributed by atoms with van der Waals surface area (Å²) in [6.45, 7) is 4.27. The monoisotopic (exact) mass is 214 g/mol. The highest BCUT2D eigenvalue weighted by Crippen LogP contribution is 2.26. The normalized spacial score (nSPS) is 14.9. The number of benzene rings is 1. The highest BCUT2D eigenvalue weighted by molar-refractivity contribution is 5.81. The van der Waals surface area contributed by atoms with Gasteiger partial charge in [0.15, 0.2) is 0 Å². The summed E-state index contributed by atoms with van der Waals surface area (Å²) in [6, 6.07) is 10.7. The molecule has 16 heavy (non-hydrogen) atoms. The van der Waals surface area contributed by atoms with Crippen molar-refractivity contribution in [2.24, 2.45) is 5.73 Å². The Labute approximate surface area is 96.5 Å². The van der Waals surface area contributed by atoms with E-state index in [0.717, 1.165) is 11.9 Å². The molecule has 2 atom stereocenters. The number of hydrogen-bond acceptors (Lipinski definition) is 2. The van der Waals surface area contributed by atoms with Gasteiger partial charge in [-0.25, -0.2) is 0 Å². The third-order valence-electron chi connectivity index (χ3n) is 2.92. The standard InChI is InChI=1S/C14H18N2/c1-10(9-11(2)15)13-7-3-5-12-6-4-8-16-14(12)13/h3-8,10-11H,9,15H2,1-2H3. The molecule has 0 saturated heterocycles. The van der Waals surface area contributed by atoms with E-state index in [1.807, 2.05) is 12.3 Å². The van der Waals surface area contributed by atoms with E-state index >= 15 is 0 Å². The van der Waals surface area contributed by atoms with Crippen LogP contribution >= 0.6 is 0 Å². The van der Waals surface area contributed by atoms with Gasteiger partial charge in [0, 0.05) is 17.6 Å². The Kier molecular flexibility index (Phi) is 3.20. The summed E-state index contributed by atoms with van der Waals surface area (Å²) in [7, 11) is 0. The van der Waals surface area contributed by atoms with Crippen molar-refractivity contribution >= 4 is 10.9 Å². The molecule has 2 nitrogen and oxygen atoms in total. The van der Waals surface area contributed by atoms with Gasteiger partial charge in [-0.1, -0.05) is 31.2 Å². The number of fused-ring (bicyclic) bond motifs is 1. The number of para-hydroxylation sites is 1. The first-order valence-electron chi connectivity index (χ1n) is 5.77. The van der Waals surface area contributed by atoms with Gasteiger partial charge >= 0.3 is 0 Å². The van der Waals surface area contributed by atoms with E-state index in [0.29, 0.717) is 5.92 Å². The number of nitrogens with zero attached hydrogens (tertiary/aromatic N) is 1. The van der Waals surface area contributed by atoms with Gasteiger partial charge in [-0.05, 0) is 30.9 Å². The molecule has 0 spiro atoms. The maximum Gasteiger partial charge on any atom is 0.0736 e. The van der Waals surface area contributed by atoms with Crippen LogP contribution in [-0.2, 0) is 0 Å². The third kappa shape index (κ3) is 2.22. The van der Waals surface area contributed by atoms with Crippen LogP contribution in [0.3, 0.4) is 0 Å². The van der Waals surface area contributed by atoms with Crippen LogP contribution in [0.5, 0.6) is 0 Å². The van der Waals surface area contributed by atoms with Gasteiger partial charge in [-0.3, -0.25) is 4.98 Å². The Balaban J connectivity index is 2.44. The molecule has 2 N–H and O–H groups in total. The van der Waals surface area contributed by atoms with Crippen LogP contribution in [-0.4, -0.2) is 11.0 Å². The van der Waals surface area contributed by atoms with Crippen LogP contribution in [0, 0.1) is 0 Å². The summed E-state index contributed by atoms with van der Waals surface area (Å²) in [4.78, 5) is 4.47. The molecule has 0 bridgehead atoms. The lowest BCUT2D eigenvalue weighted by Crippen LogP contribution is -2.17. The number of nitrogens with two attached hydrogens (primary N) is 1. The molecule has 0 radical (unpaired) electrons. The second kappa shape index (κ2) is 4.62. The van der Waals surface area contributed by atoms with Crippen LogP contribution in [0.1, 0.15) is 31.7 Å². The highest BCUT2D eigenvalue weighted by Gasteiger charge is 2.11. The van der Waals surface area contributed by atoms with Crippen molar-refractivity contribution in [3.63, 3.8) is 0 Å². The summed E-state index contributed by atoms with van der Waals surface area (Å²) >= 11 is 0. The molecule has 0 amide bonds. The van der Waals surface area contributed by atoms with Gasteiger partial charge in [0.2, 0.25) is 0 Å². The van der Waals surface area contributed by atoms with Gasteiger partial charge in [-0.15, -0.1) is 0 Å². The van der Waals surface area contributed by atoms with Crippen LogP contribution in [0.4, 0.5) is 0 Å². The number of aromatic nitrogens is 1. The van der Waals surface area contributed by atoms with Crippen LogP contribution < -0.4 is 5.73 Å². The number of hydrogen-bond donors (Lipinski definition) is 1. The Morgan fingerprint density at radius 1 is 1.19 bits per heavy atom. The summed E-state index contributed by atoms with van der Waals surface area (Å²) in [6.07, 6.45) is 2.85. The molecule has 0 saturated carbocycles. The fourth-order valence-corrected chi connectivity index (χ4v) is 2.21. The fourth-order valence-electron chi connectivity index (χ4n) is 2.21. The lowest BCUT2D eigenvalue weighted by molar-refractivity contribution is 0.588. The number of rotatable bonds is 3. The van der Waals surface area contributed by atoms with Crippen LogP contribution in [0.2, 0.25) is 0 Å². The maximum atomic E-state index is 5.85. The SMILES string of the molecule is CC(N)CC(C)c1cccc2cccnc12. The van der Waals surface area contributed by atoms with Crippen molar-refractivity contribution in [3.05, 3.63) is 42.1 Å². The molecule has 0 aliphatic heterocycles. The predicted octanol–water partition coefficient (Wildman–Crippen LogP) is 3.08. The first kappa shape index (κ1) is 11.1. The lowest BCUT2D eigenvalue weighted by atomic mass is 9.93. The van der Waals surface area contributed by atoms with E-state index in [1.165, 1.54) is 10.9 Å². The molecule has 1 heterocycles. The van der Waals surface area contributed by atoms with Crippen molar-refractivity contribution in [2.75, 3.05) is 0 Å². The third-order valence-corrected chi connectivity index (χ3v) is 2.92. The summed E-state index contributed by atoms with van der Waals surface area (Å²) in [5.74, 6) is 0.457. The molecule has 2 heteroatoms. The molecule has 1 aromatic heterocycles. The molecular formula is C14H18N2. The van der Waals surface area contributed by atoms with Crippen molar-refractivity contribution in [1.82, 2.24) is 4.98 Å². The van der Waals surface area contributed by atoms with Crippen molar-refractivity contribution in [2.45, 2.75) is 32.2 Å². The van der Waals surface area contributed by atoms with Crippen LogP contribution in [0.25, 0.3) is 10.9 Å². The molecule has 0 aliphatic carbocycles. The number of pyridine rings is 1. The summed E-state index contributed by atoms with van der Waals surface area (Å²) < 4.78 is 0. The molecule has 2 rings (SSSR count). The summed E-state index contributed by atoms with van der Waals surface area (Å²) in [5.41, 5.74) is 8.27. The molecule has 1 aromatic carbocycles. The van der Waals surface area contributed by atoms with Gasteiger partial charge in [0.1, 0.15) is 0 Å². The minimum atomic E-state index is 0.231. The topological polar surface area (TPSA) is 38.9 Å². The van der Waals surface area contributed by atoms with Crippen molar-refractivity contribution < 1.29 is 0 Å². The molecule has 0 fully saturated rings. The largest absolute Gasteiger partial charge is 0.328 e. The molecule has 0 aliphatic rings. The Hall–Kier alpha value is -1.41.